The first-order valence-corrected chi connectivity index (χ1v) is 4.67. The molecule has 0 aliphatic carbocycles. The molecule has 0 amide bonds. The SMILES string of the molecule is CCC(C)N(C)c1cc(N)nc(N)n1. The lowest BCUT2D eigenvalue weighted by atomic mass is 10.2. The zero-order chi connectivity index (χ0) is 10.7. The zero-order valence-electron chi connectivity index (χ0n) is 8.86. The molecule has 1 heterocycles. The number of nitrogen functional groups attached to an aromatic ring is 2. The largest absolute Gasteiger partial charge is 0.383 e. The second-order valence-electron chi connectivity index (χ2n) is 3.38. The summed E-state index contributed by atoms with van der Waals surface area (Å²) in [4.78, 5) is 9.97. The van der Waals surface area contributed by atoms with Crippen LogP contribution in [0.25, 0.3) is 0 Å². The van der Waals surface area contributed by atoms with Crippen molar-refractivity contribution in [1.82, 2.24) is 9.97 Å². The Kier molecular flexibility index (Phi) is 3.11. The van der Waals surface area contributed by atoms with Crippen molar-refractivity contribution >= 4 is 17.6 Å². The first kappa shape index (κ1) is 10.6. The lowest BCUT2D eigenvalue weighted by Crippen LogP contribution is -2.29. The molecule has 1 aromatic rings. The first-order chi connectivity index (χ1) is 6.54. The molecule has 4 N–H and O–H groups in total. The number of anilines is 3. The zero-order valence-corrected chi connectivity index (χ0v) is 8.86. The van der Waals surface area contributed by atoms with E-state index < -0.39 is 0 Å². The van der Waals surface area contributed by atoms with Crippen molar-refractivity contribution in [1.29, 1.82) is 0 Å². The van der Waals surface area contributed by atoms with E-state index in [1.165, 1.54) is 0 Å². The maximum atomic E-state index is 5.58. The van der Waals surface area contributed by atoms with Gasteiger partial charge in [0.2, 0.25) is 5.95 Å². The fourth-order valence-corrected chi connectivity index (χ4v) is 1.15. The quantitative estimate of drug-likeness (QED) is 0.748. The van der Waals surface area contributed by atoms with Gasteiger partial charge >= 0.3 is 0 Å². The molecule has 0 radical (unpaired) electrons. The highest BCUT2D eigenvalue weighted by atomic mass is 15.2. The molecule has 5 nitrogen and oxygen atoms in total. The van der Waals surface area contributed by atoms with E-state index in [9.17, 15) is 0 Å². The van der Waals surface area contributed by atoms with E-state index >= 15 is 0 Å². The van der Waals surface area contributed by atoms with Crippen LogP contribution in [-0.4, -0.2) is 23.1 Å². The van der Waals surface area contributed by atoms with Crippen LogP contribution < -0.4 is 16.4 Å². The van der Waals surface area contributed by atoms with Gasteiger partial charge in [-0.1, -0.05) is 6.92 Å². The monoisotopic (exact) mass is 195 g/mol. The number of hydrogen-bond acceptors (Lipinski definition) is 5. The molecule has 0 aliphatic rings. The summed E-state index contributed by atoms with van der Waals surface area (Å²) in [6.07, 6.45) is 1.04. The number of nitrogens with zero attached hydrogens (tertiary/aromatic N) is 3. The van der Waals surface area contributed by atoms with Gasteiger partial charge in [-0.25, -0.2) is 0 Å². The van der Waals surface area contributed by atoms with Crippen LogP contribution in [0.15, 0.2) is 6.07 Å². The molecular formula is C9H17N5. The molecule has 0 bridgehead atoms. The molecule has 0 fully saturated rings. The minimum atomic E-state index is 0.218. The van der Waals surface area contributed by atoms with Gasteiger partial charge in [0.05, 0.1) is 0 Å². The van der Waals surface area contributed by atoms with Gasteiger partial charge in [0.25, 0.3) is 0 Å². The highest BCUT2D eigenvalue weighted by Gasteiger charge is 2.10. The Balaban J connectivity index is 2.94. The third kappa shape index (κ3) is 2.25. The average Bonchev–Trinajstić information content (AvgIpc) is 2.14. The predicted octanol–water partition coefficient (Wildman–Crippen LogP) is 0.876. The summed E-state index contributed by atoms with van der Waals surface area (Å²) in [5.41, 5.74) is 11.1. The maximum absolute atomic E-state index is 5.58. The number of aromatic nitrogens is 2. The van der Waals surface area contributed by atoms with Crippen molar-refractivity contribution in [3.05, 3.63) is 6.07 Å². The Morgan fingerprint density at radius 2 is 2.07 bits per heavy atom. The Hall–Kier alpha value is -1.52. The maximum Gasteiger partial charge on any atom is 0.223 e. The van der Waals surface area contributed by atoms with E-state index in [4.69, 9.17) is 11.5 Å². The van der Waals surface area contributed by atoms with E-state index in [2.05, 4.69) is 23.8 Å². The fraction of sp³-hybridized carbons (Fsp3) is 0.556. The molecular weight excluding hydrogens is 178 g/mol. The highest BCUT2D eigenvalue weighted by Crippen LogP contribution is 2.16. The number of rotatable bonds is 3. The molecule has 5 heteroatoms. The minimum absolute atomic E-state index is 0.218. The Morgan fingerprint density at radius 1 is 1.43 bits per heavy atom. The van der Waals surface area contributed by atoms with Gasteiger partial charge in [0.1, 0.15) is 11.6 Å². The van der Waals surface area contributed by atoms with Gasteiger partial charge in [-0.15, -0.1) is 0 Å². The minimum Gasteiger partial charge on any atom is -0.383 e. The molecule has 0 saturated carbocycles. The van der Waals surface area contributed by atoms with Crippen molar-refractivity contribution in [3.63, 3.8) is 0 Å². The Morgan fingerprint density at radius 3 is 2.57 bits per heavy atom. The topological polar surface area (TPSA) is 81.1 Å². The van der Waals surface area contributed by atoms with Gasteiger partial charge in [-0.2, -0.15) is 9.97 Å². The summed E-state index contributed by atoms with van der Waals surface area (Å²) in [6.45, 7) is 4.24. The third-order valence-corrected chi connectivity index (χ3v) is 2.36. The smallest absolute Gasteiger partial charge is 0.223 e. The molecule has 0 saturated heterocycles. The van der Waals surface area contributed by atoms with E-state index in [-0.39, 0.29) is 5.95 Å². The van der Waals surface area contributed by atoms with Crippen LogP contribution in [0.1, 0.15) is 20.3 Å². The number of hydrogen-bond donors (Lipinski definition) is 2. The lowest BCUT2D eigenvalue weighted by molar-refractivity contribution is 0.657. The molecule has 1 unspecified atom stereocenters. The summed E-state index contributed by atoms with van der Waals surface area (Å²) in [5, 5.41) is 0. The van der Waals surface area contributed by atoms with Gasteiger partial charge in [-0.05, 0) is 13.3 Å². The second kappa shape index (κ2) is 4.13. The van der Waals surface area contributed by atoms with Crippen LogP contribution in [0, 0.1) is 0 Å². The predicted molar refractivity (Wildman–Crippen MR) is 59.0 cm³/mol. The molecule has 1 rings (SSSR count). The van der Waals surface area contributed by atoms with Crippen LogP contribution in [0.4, 0.5) is 17.6 Å². The third-order valence-electron chi connectivity index (χ3n) is 2.36. The Labute approximate surface area is 84.1 Å². The molecule has 1 aromatic heterocycles. The van der Waals surface area contributed by atoms with Crippen molar-refractivity contribution < 1.29 is 0 Å². The highest BCUT2D eigenvalue weighted by molar-refractivity contribution is 5.50. The van der Waals surface area contributed by atoms with Crippen LogP contribution >= 0.6 is 0 Å². The molecule has 0 aromatic carbocycles. The lowest BCUT2D eigenvalue weighted by Gasteiger charge is -2.24. The van der Waals surface area contributed by atoms with Crippen LogP contribution in [-0.2, 0) is 0 Å². The molecule has 0 spiro atoms. The van der Waals surface area contributed by atoms with Crippen LogP contribution in [0.5, 0.6) is 0 Å². The summed E-state index contributed by atoms with van der Waals surface area (Å²) < 4.78 is 0. The fourth-order valence-electron chi connectivity index (χ4n) is 1.15. The standard InChI is InChI=1S/C9H17N5/c1-4-6(2)14(3)8-5-7(10)12-9(11)13-8/h5-6H,4H2,1-3H3,(H4,10,11,12,13). The van der Waals surface area contributed by atoms with Crippen LogP contribution in [0.3, 0.4) is 0 Å². The summed E-state index contributed by atoms with van der Waals surface area (Å²) in [5.74, 6) is 1.39. The molecule has 14 heavy (non-hydrogen) atoms. The molecule has 0 aliphatic heterocycles. The molecule has 1 atom stereocenters. The first-order valence-electron chi connectivity index (χ1n) is 4.67. The second-order valence-corrected chi connectivity index (χ2v) is 3.38. The van der Waals surface area contributed by atoms with Crippen molar-refractivity contribution in [2.24, 2.45) is 0 Å². The van der Waals surface area contributed by atoms with Crippen molar-refractivity contribution in [3.8, 4) is 0 Å². The van der Waals surface area contributed by atoms with Crippen molar-refractivity contribution in [2.75, 3.05) is 23.4 Å². The van der Waals surface area contributed by atoms with Gasteiger partial charge < -0.3 is 16.4 Å². The summed E-state index contributed by atoms with van der Waals surface area (Å²) in [7, 11) is 1.97. The van der Waals surface area contributed by atoms with E-state index in [1.54, 1.807) is 6.07 Å². The number of nitrogens with two attached hydrogens (primary N) is 2. The Bertz CT molecular complexity index is 292. The van der Waals surface area contributed by atoms with Crippen molar-refractivity contribution in [2.45, 2.75) is 26.3 Å². The van der Waals surface area contributed by atoms with Crippen LogP contribution in [0.2, 0.25) is 0 Å². The molecule has 78 valence electrons. The summed E-state index contributed by atoms with van der Waals surface area (Å²) in [6, 6.07) is 2.13. The van der Waals surface area contributed by atoms with Gasteiger partial charge in [0.15, 0.2) is 0 Å². The normalized spacial score (nSPS) is 12.5. The summed E-state index contributed by atoms with van der Waals surface area (Å²) >= 11 is 0. The van der Waals surface area contributed by atoms with E-state index in [0.717, 1.165) is 12.2 Å². The average molecular weight is 195 g/mol. The van der Waals surface area contributed by atoms with Gasteiger partial charge in [-0.3, -0.25) is 0 Å². The van der Waals surface area contributed by atoms with E-state index in [0.29, 0.717) is 11.9 Å². The van der Waals surface area contributed by atoms with Gasteiger partial charge in [0, 0.05) is 19.2 Å². The van der Waals surface area contributed by atoms with E-state index in [1.807, 2.05) is 11.9 Å².